The minimum atomic E-state index is -0.150. The molecule has 0 aliphatic heterocycles. The molecular weight excluding hydrogens is 228 g/mol. The number of fused-ring (bicyclic) bond motifs is 1. The Morgan fingerprint density at radius 1 is 1.54 bits per heavy atom. The summed E-state index contributed by atoms with van der Waals surface area (Å²) in [5.41, 5.74) is 1.52. The topological polar surface area (TPSA) is 20.2 Å². The van der Waals surface area contributed by atoms with E-state index >= 15 is 0 Å². The van der Waals surface area contributed by atoms with Gasteiger partial charge in [0, 0.05) is 10.7 Å². The molecule has 0 spiro atoms. The number of halogens is 1. The van der Waals surface area contributed by atoms with Crippen molar-refractivity contribution in [2.45, 2.75) is 43.5 Å². The van der Waals surface area contributed by atoms with Crippen molar-refractivity contribution in [3.8, 4) is 0 Å². The molecule has 0 amide bonds. The lowest BCUT2D eigenvalue weighted by Gasteiger charge is -2.40. The second-order valence-electron chi connectivity index (χ2n) is 4.38. The van der Waals surface area contributed by atoms with E-state index in [0.29, 0.717) is 16.7 Å². The van der Waals surface area contributed by atoms with Crippen LogP contribution in [-0.2, 0) is 0 Å². The van der Waals surface area contributed by atoms with Gasteiger partial charge in [0.05, 0.1) is 6.10 Å². The third kappa shape index (κ3) is 1.71. The highest BCUT2D eigenvalue weighted by Crippen LogP contribution is 2.42. The third-order valence-corrected chi connectivity index (χ3v) is 4.37. The number of alkyl halides is 1. The van der Waals surface area contributed by atoms with Gasteiger partial charge in [-0.3, -0.25) is 0 Å². The van der Waals surface area contributed by atoms with E-state index < -0.39 is 0 Å². The Morgan fingerprint density at radius 2 is 2.31 bits per heavy atom. The number of allylic oxidation sites excluding steroid dienone is 1. The van der Waals surface area contributed by atoms with Crippen LogP contribution >= 0.6 is 15.9 Å². The fraction of sp³-hybridized carbons (Fsp3) is 0.818. The monoisotopic (exact) mass is 244 g/mol. The maximum Gasteiger partial charge on any atom is 0.0730 e. The summed E-state index contributed by atoms with van der Waals surface area (Å²) in [5.74, 6) is 1.11. The van der Waals surface area contributed by atoms with Gasteiger partial charge in [-0.2, -0.15) is 0 Å². The van der Waals surface area contributed by atoms with Crippen molar-refractivity contribution >= 4 is 15.9 Å². The van der Waals surface area contributed by atoms with Crippen LogP contribution in [0.4, 0.5) is 0 Å². The Bertz CT molecular complexity index is 224. The quantitative estimate of drug-likeness (QED) is 0.514. The lowest BCUT2D eigenvalue weighted by Crippen LogP contribution is -2.39. The molecule has 1 N–H and O–H groups in total. The second kappa shape index (κ2) is 3.74. The largest absolute Gasteiger partial charge is 0.391 e. The number of aliphatic hydroxyl groups excluding tert-OH is 1. The molecule has 0 saturated heterocycles. The molecule has 0 bridgehead atoms. The highest BCUT2D eigenvalue weighted by Gasteiger charge is 2.37. The molecule has 2 aliphatic carbocycles. The summed E-state index contributed by atoms with van der Waals surface area (Å²) < 4.78 is 0. The summed E-state index contributed by atoms with van der Waals surface area (Å²) in [6.45, 7) is 2.28. The predicted molar refractivity (Wildman–Crippen MR) is 57.9 cm³/mol. The lowest BCUT2D eigenvalue weighted by molar-refractivity contribution is 0.0859. The molecule has 2 aliphatic rings. The summed E-state index contributed by atoms with van der Waals surface area (Å²) in [4.78, 5) is 0.308. The summed E-state index contributed by atoms with van der Waals surface area (Å²) >= 11 is 3.58. The molecule has 1 saturated carbocycles. The molecule has 2 unspecified atom stereocenters. The van der Waals surface area contributed by atoms with Gasteiger partial charge in [-0.05, 0) is 31.6 Å². The molecule has 1 nitrogen and oxygen atoms in total. The zero-order valence-corrected chi connectivity index (χ0v) is 9.63. The van der Waals surface area contributed by atoms with E-state index in [9.17, 15) is 5.11 Å². The van der Waals surface area contributed by atoms with E-state index in [4.69, 9.17) is 0 Å². The maximum absolute atomic E-state index is 10.0. The van der Waals surface area contributed by atoms with Crippen molar-refractivity contribution in [2.75, 3.05) is 0 Å². The standard InChI is InChI=1S/C11H17BrO/c1-7-6-10(12)11(13)9-5-3-2-4-8(7)9/h4,7,9-11,13H,2-3,5-6H2,1H3/t7?,9-,10?,11-/m0/s1. The first kappa shape index (κ1) is 9.72. The van der Waals surface area contributed by atoms with Crippen molar-refractivity contribution in [3.05, 3.63) is 11.6 Å². The van der Waals surface area contributed by atoms with Crippen LogP contribution in [0.1, 0.15) is 32.6 Å². The SMILES string of the molecule is CC1CC(Br)[C@@H](O)[C@H]2CCCC=C12. The number of aliphatic hydroxyl groups is 1. The van der Waals surface area contributed by atoms with Crippen molar-refractivity contribution in [2.24, 2.45) is 11.8 Å². The molecule has 74 valence electrons. The van der Waals surface area contributed by atoms with Gasteiger partial charge in [0.1, 0.15) is 0 Å². The summed E-state index contributed by atoms with van der Waals surface area (Å²) in [5, 5.41) is 10.0. The molecular formula is C11H17BrO. The summed E-state index contributed by atoms with van der Waals surface area (Å²) in [7, 11) is 0. The molecule has 0 heterocycles. The van der Waals surface area contributed by atoms with Crippen LogP contribution in [0.3, 0.4) is 0 Å². The number of hydrogen-bond acceptors (Lipinski definition) is 1. The van der Waals surface area contributed by atoms with E-state index in [1.807, 2.05) is 0 Å². The fourth-order valence-electron chi connectivity index (χ4n) is 2.72. The van der Waals surface area contributed by atoms with Crippen molar-refractivity contribution < 1.29 is 5.11 Å². The zero-order valence-electron chi connectivity index (χ0n) is 8.04. The molecule has 2 heteroatoms. The van der Waals surface area contributed by atoms with Crippen molar-refractivity contribution in [3.63, 3.8) is 0 Å². The minimum Gasteiger partial charge on any atom is -0.391 e. The highest BCUT2D eigenvalue weighted by atomic mass is 79.9. The number of rotatable bonds is 0. The lowest BCUT2D eigenvalue weighted by atomic mass is 9.71. The molecule has 0 aromatic carbocycles. The van der Waals surface area contributed by atoms with Crippen molar-refractivity contribution in [1.82, 2.24) is 0 Å². The van der Waals surface area contributed by atoms with Crippen LogP contribution in [0.15, 0.2) is 11.6 Å². The van der Waals surface area contributed by atoms with Gasteiger partial charge in [0.15, 0.2) is 0 Å². The Morgan fingerprint density at radius 3 is 3.08 bits per heavy atom. The van der Waals surface area contributed by atoms with Crippen LogP contribution in [-0.4, -0.2) is 16.0 Å². The van der Waals surface area contributed by atoms with Crippen LogP contribution in [0.2, 0.25) is 0 Å². The van der Waals surface area contributed by atoms with Gasteiger partial charge in [-0.15, -0.1) is 0 Å². The van der Waals surface area contributed by atoms with Crippen LogP contribution in [0.25, 0.3) is 0 Å². The van der Waals surface area contributed by atoms with Crippen LogP contribution in [0, 0.1) is 11.8 Å². The predicted octanol–water partition coefficient (Wildman–Crippen LogP) is 2.88. The smallest absolute Gasteiger partial charge is 0.0730 e. The Kier molecular flexibility index (Phi) is 2.80. The van der Waals surface area contributed by atoms with Gasteiger partial charge in [-0.25, -0.2) is 0 Å². The Labute approximate surface area is 88.3 Å². The molecule has 1 fully saturated rings. The average Bonchev–Trinajstić information content (AvgIpc) is 2.15. The van der Waals surface area contributed by atoms with E-state index in [1.54, 1.807) is 0 Å². The molecule has 2 rings (SSSR count). The number of hydrogen-bond donors (Lipinski definition) is 1. The Balaban J connectivity index is 2.22. The first-order chi connectivity index (χ1) is 6.20. The fourth-order valence-corrected chi connectivity index (χ4v) is 3.65. The van der Waals surface area contributed by atoms with Crippen LogP contribution in [0.5, 0.6) is 0 Å². The Hall–Kier alpha value is 0.180. The van der Waals surface area contributed by atoms with E-state index in [2.05, 4.69) is 28.9 Å². The molecule has 0 aromatic heterocycles. The maximum atomic E-state index is 10.0. The zero-order chi connectivity index (χ0) is 9.42. The highest BCUT2D eigenvalue weighted by molar-refractivity contribution is 9.09. The van der Waals surface area contributed by atoms with E-state index in [1.165, 1.54) is 24.8 Å². The van der Waals surface area contributed by atoms with E-state index in [0.717, 1.165) is 6.42 Å². The first-order valence-corrected chi connectivity index (χ1v) is 6.14. The minimum absolute atomic E-state index is 0.150. The normalized spacial score (nSPS) is 45.3. The molecule has 13 heavy (non-hydrogen) atoms. The van der Waals surface area contributed by atoms with Crippen LogP contribution < -0.4 is 0 Å². The van der Waals surface area contributed by atoms with Gasteiger partial charge in [0.2, 0.25) is 0 Å². The first-order valence-electron chi connectivity index (χ1n) is 5.22. The molecule has 0 aromatic rings. The third-order valence-electron chi connectivity index (χ3n) is 3.46. The molecule has 0 radical (unpaired) electrons. The van der Waals surface area contributed by atoms with E-state index in [-0.39, 0.29) is 6.10 Å². The summed E-state index contributed by atoms with van der Waals surface area (Å²) in [6.07, 6.45) is 6.94. The van der Waals surface area contributed by atoms with Crippen molar-refractivity contribution in [1.29, 1.82) is 0 Å². The molecule has 4 atom stereocenters. The average molecular weight is 245 g/mol. The van der Waals surface area contributed by atoms with Gasteiger partial charge >= 0.3 is 0 Å². The second-order valence-corrected chi connectivity index (χ2v) is 5.56. The summed E-state index contributed by atoms with van der Waals surface area (Å²) in [6, 6.07) is 0. The van der Waals surface area contributed by atoms with Gasteiger partial charge < -0.3 is 5.11 Å². The van der Waals surface area contributed by atoms with Gasteiger partial charge in [0.25, 0.3) is 0 Å². The van der Waals surface area contributed by atoms with Gasteiger partial charge in [-0.1, -0.05) is 34.5 Å².